The van der Waals surface area contributed by atoms with Crippen molar-refractivity contribution in [1.82, 2.24) is 9.88 Å². The van der Waals surface area contributed by atoms with Crippen molar-refractivity contribution in [2.45, 2.75) is 26.8 Å². The molecule has 2 heterocycles. The highest BCUT2D eigenvalue weighted by molar-refractivity contribution is 6.31. The predicted octanol–water partition coefficient (Wildman–Crippen LogP) is 3.45. The van der Waals surface area contributed by atoms with E-state index in [2.05, 4.69) is 17.9 Å². The van der Waals surface area contributed by atoms with Crippen LogP contribution in [0, 0.1) is 18.3 Å². The SMILES string of the molecule is CCN1CCc2nc3c(C)cc(Cl)cc3c(C#N)c2C1. The third-order valence-electron chi connectivity index (χ3n) is 4.04. The summed E-state index contributed by atoms with van der Waals surface area (Å²) in [5.41, 5.74) is 4.84. The molecule has 0 radical (unpaired) electrons. The average molecular weight is 286 g/mol. The lowest BCUT2D eigenvalue weighted by atomic mass is 9.95. The van der Waals surface area contributed by atoms with E-state index in [0.717, 1.165) is 59.3 Å². The highest BCUT2D eigenvalue weighted by Gasteiger charge is 2.22. The van der Waals surface area contributed by atoms with Crippen LogP contribution in [0.25, 0.3) is 10.9 Å². The normalized spacial score (nSPS) is 15.1. The van der Waals surface area contributed by atoms with Gasteiger partial charge in [-0.1, -0.05) is 18.5 Å². The second-order valence-electron chi connectivity index (χ2n) is 5.26. The van der Waals surface area contributed by atoms with Gasteiger partial charge < -0.3 is 0 Å². The fourth-order valence-electron chi connectivity index (χ4n) is 2.93. The summed E-state index contributed by atoms with van der Waals surface area (Å²) >= 11 is 6.14. The first-order valence-corrected chi connectivity index (χ1v) is 7.26. The van der Waals surface area contributed by atoms with Crippen molar-refractivity contribution in [1.29, 1.82) is 5.26 Å². The van der Waals surface area contributed by atoms with Crippen LogP contribution >= 0.6 is 11.6 Å². The van der Waals surface area contributed by atoms with Crippen LogP contribution in [-0.4, -0.2) is 23.0 Å². The molecule has 1 aromatic heterocycles. The van der Waals surface area contributed by atoms with E-state index in [1.807, 2.05) is 19.1 Å². The Hall–Kier alpha value is -1.63. The van der Waals surface area contributed by atoms with Crippen LogP contribution < -0.4 is 0 Å². The monoisotopic (exact) mass is 285 g/mol. The Labute approximate surface area is 123 Å². The molecule has 1 aromatic carbocycles. The van der Waals surface area contributed by atoms with Gasteiger partial charge in [0.25, 0.3) is 0 Å². The molecule has 0 saturated carbocycles. The number of benzene rings is 1. The highest BCUT2D eigenvalue weighted by atomic mass is 35.5. The smallest absolute Gasteiger partial charge is 0.100 e. The molecule has 3 nitrogen and oxygen atoms in total. The van der Waals surface area contributed by atoms with Crippen LogP contribution in [0.1, 0.15) is 29.3 Å². The molecule has 0 N–H and O–H groups in total. The Morgan fingerprint density at radius 3 is 2.95 bits per heavy atom. The molecule has 3 rings (SSSR count). The summed E-state index contributed by atoms with van der Waals surface area (Å²) in [6.45, 7) is 6.96. The van der Waals surface area contributed by atoms with Gasteiger partial charge in [-0.3, -0.25) is 9.88 Å². The number of pyridine rings is 1. The van der Waals surface area contributed by atoms with Crippen molar-refractivity contribution in [2.24, 2.45) is 0 Å². The zero-order valence-electron chi connectivity index (χ0n) is 11.7. The highest BCUT2D eigenvalue weighted by Crippen LogP contribution is 2.31. The fourth-order valence-corrected chi connectivity index (χ4v) is 3.20. The predicted molar refractivity (Wildman–Crippen MR) is 80.9 cm³/mol. The molecule has 0 saturated heterocycles. The number of nitrogens with zero attached hydrogens (tertiary/aromatic N) is 3. The Morgan fingerprint density at radius 1 is 1.45 bits per heavy atom. The van der Waals surface area contributed by atoms with Crippen molar-refractivity contribution in [3.8, 4) is 6.07 Å². The first-order valence-electron chi connectivity index (χ1n) is 6.88. The number of rotatable bonds is 1. The molecule has 1 aliphatic heterocycles. The zero-order chi connectivity index (χ0) is 14.3. The maximum atomic E-state index is 9.59. The summed E-state index contributed by atoms with van der Waals surface area (Å²) in [6.07, 6.45) is 0.913. The molecule has 0 bridgehead atoms. The fraction of sp³-hybridized carbons (Fsp3) is 0.375. The lowest BCUT2D eigenvalue weighted by molar-refractivity contribution is 0.266. The molecule has 0 fully saturated rings. The molecule has 0 aliphatic carbocycles. The van der Waals surface area contributed by atoms with Gasteiger partial charge in [0.2, 0.25) is 0 Å². The molecule has 20 heavy (non-hydrogen) atoms. The van der Waals surface area contributed by atoms with Crippen LogP contribution in [-0.2, 0) is 13.0 Å². The minimum atomic E-state index is 0.663. The molecule has 0 amide bonds. The summed E-state index contributed by atoms with van der Waals surface area (Å²) in [5, 5.41) is 11.1. The van der Waals surface area contributed by atoms with Crippen LogP contribution in [0.5, 0.6) is 0 Å². The Bertz CT molecular complexity index is 731. The summed E-state index contributed by atoms with van der Waals surface area (Å²) in [4.78, 5) is 7.14. The van der Waals surface area contributed by atoms with Gasteiger partial charge in [-0.2, -0.15) is 5.26 Å². The van der Waals surface area contributed by atoms with E-state index in [1.54, 1.807) is 0 Å². The van der Waals surface area contributed by atoms with E-state index in [9.17, 15) is 5.26 Å². The Balaban J connectivity index is 2.32. The Morgan fingerprint density at radius 2 is 2.25 bits per heavy atom. The van der Waals surface area contributed by atoms with Gasteiger partial charge in [0.15, 0.2) is 0 Å². The van der Waals surface area contributed by atoms with E-state index in [0.29, 0.717) is 5.02 Å². The number of hydrogen-bond donors (Lipinski definition) is 0. The van der Waals surface area contributed by atoms with E-state index in [4.69, 9.17) is 16.6 Å². The van der Waals surface area contributed by atoms with Gasteiger partial charge >= 0.3 is 0 Å². The number of aryl methyl sites for hydroxylation is 1. The number of aromatic nitrogens is 1. The lowest BCUT2D eigenvalue weighted by Crippen LogP contribution is -2.31. The second-order valence-corrected chi connectivity index (χ2v) is 5.70. The summed E-state index contributed by atoms with van der Waals surface area (Å²) < 4.78 is 0. The second kappa shape index (κ2) is 5.05. The third-order valence-corrected chi connectivity index (χ3v) is 4.26. The molecule has 2 aromatic rings. The van der Waals surface area contributed by atoms with E-state index in [1.165, 1.54) is 0 Å². The van der Waals surface area contributed by atoms with E-state index in [-0.39, 0.29) is 0 Å². The minimum absolute atomic E-state index is 0.663. The maximum Gasteiger partial charge on any atom is 0.100 e. The quantitative estimate of drug-likeness (QED) is 0.806. The van der Waals surface area contributed by atoms with Gasteiger partial charge in [0, 0.05) is 41.2 Å². The summed E-state index contributed by atoms with van der Waals surface area (Å²) in [5.74, 6) is 0. The standard InChI is InChI=1S/C16H16ClN3/c1-3-20-5-4-15-14(9-20)13(8-18)12-7-11(17)6-10(2)16(12)19-15/h6-7H,3-5,9H2,1-2H3. The van der Waals surface area contributed by atoms with Crippen molar-refractivity contribution >= 4 is 22.5 Å². The van der Waals surface area contributed by atoms with Crippen molar-refractivity contribution in [2.75, 3.05) is 13.1 Å². The number of likely N-dealkylation sites (N-methyl/N-ethyl adjacent to an activating group) is 1. The Kier molecular flexibility index (Phi) is 3.37. The van der Waals surface area contributed by atoms with E-state index < -0.39 is 0 Å². The first-order chi connectivity index (χ1) is 9.63. The molecular formula is C16H16ClN3. The molecule has 0 spiro atoms. The number of nitriles is 1. The van der Waals surface area contributed by atoms with Gasteiger partial charge in [0.05, 0.1) is 11.1 Å². The molecule has 0 unspecified atom stereocenters. The number of halogens is 1. The number of fused-ring (bicyclic) bond motifs is 2. The van der Waals surface area contributed by atoms with E-state index >= 15 is 0 Å². The molecule has 0 atom stereocenters. The van der Waals surface area contributed by atoms with Gasteiger partial charge in [0.1, 0.15) is 6.07 Å². The minimum Gasteiger partial charge on any atom is -0.299 e. The largest absolute Gasteiger partial charge is 0.299 e. The van der Waals surface area contributed by atoms with Crippen LogP contribution in [0.2, 0.25) is 5.02 Å². The molecule has 1 aliphatic rings. The first kappa shape index (κ1) is 13.4. The van der Waals surface area contributed by atoms with Gasteiger partial charge in [-0.15, -0.1) is 0 Å². The summed E-state index contributed by atoms with van der Waals surface area (Å²) in [6, 6.07) is 6.14. The van der Waals surface area contributed by atoms with Crippen LogP contribution in [0.4, 0.5) is 0 Å². The van der Waals surface area contributed by atoms with Crippen LogP contribution in [0.3, 0.4) is 0 Å². The lowest BCUT2D eigenvalue weighted by Gasteiger charge is -2.28. The van der Waals surface area contributed by atoms with Crippen molar-refractivity contribution in [3.63, 3.8) is 0 Å². The molecule has 102 valence electrons. The van der Waals surface area contributed by atoms with Gasteiger partial charge in [-0.25, -0.2) is 0 Å². The third kappa shape index (κ3) is 2.06. The molecular weight excluding hydrogens is 270 g/mol. The van der Waals surface area contributed by atoms with Crippen LogP contribution in [0.15, 0.2) is 12.1 Å². The topological polar surface area (TPSA) is 39.9 Å². The van der Waals surface area contributed by atoms with Crippen molar-refractivity contribution < 1.29 is 0 Å². The maximum absolute atomic E-state index is 9.59. The van der Waals surface area contributed by atoms with Gasteiger partial charge in [-0.05, 0) is 31.2 Å². The number of hydrogen-bond acceptors (Lipinski definition) is 3. The van der Waals surface area contributed by atoms with Crippen molar-refractivity contribution in [3.05, 3.63) is 39.5 Å². The molecule has 4 heteroatoms. The average Bonchev–Trinajstić information content (AvgIpc) is 2.44. The summed E-state index contributed by atoms with van der Waals surface area (Å²) in [7, 11) is 0. The zero-order valence-corrected chi connectivity index (χ0v) is 12.5.